The molecule has 9 nitrogen and oxygen atoms in total. The average molecular weight is 488 g/mol. The van der Waals surface area contributed by atoms with Gasteiger partial charge in [-0.25, -0.2) is 0 Å². The maximum Gasteiger partial charge on any atom is 0.304 e. The van der Waals surface area contributed by atoms with Crippen molar-refractivity contribution in [1.29, 1.82) is 0 Å². The number of amides is 1. The van der Waals surface area contributed by atoms with Crippen molar-refractivity contribution in [2.24, 2.45) is 15.4 Å². The first-order valence-electron chi connectivity index (χ1n) is 9.28. The number of hydrogen-bond donors (Lipinski definition) is 1. The molecule has 31 heavy (non-hydrogen) atoms. The second-order valence-electron chi connectivity index (χ2n) is 6.86. The summed E-state index contributed by atoms with van der Waals surface area (Å²) in [6.07, 6.45) is 1.47. The summed E-state index contributed by atoms with van der Waals surface area (Å²) in [7, 11) is 5.36. The molecule has 1 heterocycles. The van der Waals surface area contributed by atoms with Crippen LogP contribution in [0.2, 0.25) is 0 Å². The van der Waals surface area contributed by atoms with Crippen molar-refractivity contribution in [1.82, 2.24) is 9.47 Å². The highest BCUT2D eigenvalue weighted by molar-refractivity contribution is 9.10. The fourth-order valence-corrected chi connectivity index (χ4v) is 3.20. The van der Waals surface area contributed by atoms with Crippen LogP contribution >= 0.6 is 15.9 Å². The molecule has 0 bridgehead atoms. The molecule has 0 aliphatic heterocycles. The normalized spacial score (nSPS) is 11.8. The number of aromatic nitrogens is 1. The number of carbonyl (C=O) groups is 1. The third-order valence-corrected chi connectivity index (χ3v) is 4.73. The van der Waals surface area contributed by atoms with Gasteiger partial charge in [-0.05, 0) is 62.1 Å². The molecule has 0 aliphatic rings. The number of hydrogen-bond acceptors (Lipinski definition) is 7. The Labute approximate surface area is 187 Å². The first-order valence-corrected chi connectivity index (χ1v) is 10.1. The number of fused-ring (bicyclic) bond motifs is 1. The average Bonchev–Trinajstić information content (AvgIpc) is 3.00. The number of azo groups is 1. The Kier molecular flexibility index (Phi) is 7.37. The Hall–Kier alpha value is -3.24. The number of ether oxygens (including phenoxy) is 1. The van der Waals surface area contributed by atoms with Gasteiger partial charge < -0.3 is 14.7 Å². The van der Waals surface area contributed by atoms with Gasteiger partial charge in [-0.3, -0.25) is 14.3 Å². The standard InChI is InChI=1S/C21H22BrN5O4/c1-26(2)13-27-18-9-6-15(22)10-17(18)20(21(27)29)25-24-19(28)12-31-23-11-14-4-7-16(30-3)8-5-14/h4-11,29H,12-13H2,1-3H3. The van der Waals surface area contributed by atoms with E-state index in [1.54, 1.807) is 35.9 Å². The number of methoxy groups -OCH3 is 1. The molecular formula is C21H22BrN5O4. The molecule has 0 saturated carbocycles. The minimum Gasteiger partial charge on any atom is -0.497 e. The van der Waals surface area contributed by atoms with Crippen molar-refractivity contribution in [2.45, 2.75) is 6.67 Å². The van der Waals surface area contributed by atoms with E-state index in [0.29, 0.717) is 12.1 Å². The lowest BCUT2D eigenvalue weighted by atomic mass is 10.2. The Morgan fingerprint density at radius 3 is 2.65 bits per heavy atom. The van der Waals surface area contributed by atoms with E-state index in [1.165, 1.54) is 6.21 Å². The maximum absolute atomic E-state index is 12.0. The van der Waals surface area contributed by atoms with Gasteiger partial charge in [-0.2, -0.15) is 0 Å². The number of aromatic hydroxyl groups is 1. The Balaban J connectivity index is 1.69. The highest BCUT2D eigenvalue weighted by Crippen LogP contribution is 2.40. The zero-order valence-corrected chi connectivity index (χ0v) is 18.9. The smallest absolute Gasteiger partial charge is 0.304 e. The van der Waals surface area contributed by atoms with Gasteiger partial charge in [0.15, 0.2) is 12.3 Å². The molecule has 0 atom stereocenters. The molecule has 0 fully saturated rings. The predicted octanol–water partition coefficient (Wildman–Crippen LogP) is 4.30. The highest BCUT2D eigenvalue weighted by Gasteiger charge is 2.17. The van der Waals surface area contributed by atoms with Crippen molar-refractivity contribution in [3.8, 4) is 11.6 Å². The molecular weight excluding hydrogens is 466 g/mol. The summed E-state index contributed by atoms with van der Waals surface area (Å²) in [5, 5.41) is 22.7. The van der Waals surface area contributed by atoms with E-state index in [1.807, 2.05) is 37.2 Å². The Bertz CT molecular complexity index is 1120. The topological polar surface area (TPSA) is 101 Å². The van der Waals surface area contributed by atoms with Gasteiger partial charge in [0.05, 0.1) is 25.5 Å². The van der Waals surface area contributed by atoms with Crippen molar-refractivity contribution < 1.29 is 19.5 Å². The molecule has 0 saturated heterocycles. The lowest BCUT2D eigenvalue weighted by Crippen LogP contribution is -2.16. The van der Waals surface area contributed by atoms with Crippen LogP contribution in [0.5, 0.6) is 11.6 Å². The van der Waals surface area contributed by atoms with Crippen LogP contribution in [0.3, 0.4) is 0 Å². The summed E-state index contributed by atoms with van der Waals surface area (Å²) < 4.78 is 7.60. The molecule has 1 N–H and O–H groups in total. The summed E-state index contributed by atoms with van der Waals surface area (Å²) in [5.41, 5.74) is 1.78. The fourth-order valence-electron chi connectivity index (χ4n) is 2.84. The Morgan fingerprint density at radius 2 is 1.97 bits per heavy atom. The van der Waals surface area contributed by atoms with Crippen molar-refractivity contribution in [3.05, 3.63) is 52.5 Å². The molecule has 0 aliphatic carbocycles. The van der Waals surface area contributed by atoms with Crippen LogP contribution < -0.4 is 4.74 Å². The molecule has 0 spiro atoms. The van der Waals surface area contributed by atoms with Gasteiger partial charge in [0.25, 0.3) is 0 Å². The first-order chi connectivity index (χ1) is 14.9. The van der Waals surface area contributed by atoms with Gasteiger partial charge in [-0.15, -0.1) is 10.2 Å². The van der Waals surface area contributed by atoms with E-state index in [0.717, 1.165) is 21.3 Å². The van der Waals surface area contributed by atoms with Crippen molar-refractivity contribution >= 4 is 44.6 Å². The van der Waals surface area contributed by atoms with E-state index in [9.17, 15) is 9.90 Å². The number of halogens is 1. The van der Waals surface area contributed by atoms with Gasteiger partial charge >= 0.3 is 5.91 Å². The Morgan fingerprint density at radius 1 is 1.23 bits per heavy atom. The molecule has 10 heteroatoms. The second kappa shape index (κ2) is 10.2. The van der Waals surface area contributed by atoms with Crippen LogP contribution in [0.4, 0.5) is 5.69 Å². The molecule has 2 aromatic carbocycles. The minimum absolute atomic E-state index is 0.0724. The molecule has 3 aromatic rings. The first kappa shape index (κ1) is 22.4. The quantitative estimate of drug-likeness (QED) is 0.290. The molecule has 0 radical (unpaired) electrons. The number of rotatable bonds is 8. The predicted molar refractivity (Wildman–Crippen MR) is 121 cm³/mol. The summed E-state index contributed by atoms with van der Waals surface area (Å²) in [6.45, 7) is 0.0631. The molecule has 1 amide bonds. The maximum atomic E-state index is 12.0. The summed E-state index contributed by atoms with van der Waals surface area (Å²) in [5.74, 6) is 0.0301. The molecule has 0 unspecified atom stereocenters. The van der Waals surface area contributed by atoms with E-state index in [2.05, 4.69) is 31.3 Å². The monoisotopic (exact) mass is 487 g/mol. The van der Waals surface area contributed by atoms with Crippen molar-refractivity contribution in [2.75, 3.05) is 27.8 Å². The zero-order valence-electron chi connectivity index (χ0n) is 17.3. The van der Waals surface area contributed by atoms with E-state index in [-0.39, 0.29) is 18.2 Å². The van der Waals surface area contributed by atoms with Crippen LogP contribution in [0.25, 0.3) is 10.9 Å². The fraction of sp³-hybridized carbons (Fsp3) is 0.238. The number of benzene rings is 2. The lowest BCUT2D eigenvalue weighted by Gasteiger charge is -2.13. The minimum atomic E-state index is -0.630. The lowest BCUT2D eigenvalue weighted by molar-refractivity contribution is -0.122. The number of nitrogens with zero attached hydrogens (tertiary/aromatic N) is 5. The zero-order chi connectivity index (χ0) is 22.4. The summed E-state index contributed by atoms with van der Waals surface area (Å²) in [4.78, 5) is 18.9. The molecule has 1 aromatic heterocycles. The SMILES string of the molecule is COc1ccc(C=NOCC(=O)N=Nc2c(O)n(CN(C)C)c3ccc(Br)cc23)cc1. The van der Waals surface area contributed by atoms with Crippen LogP contribution in [0.15, 0.2) is 62.3 Å². The second-order valence-corrected chi connectivity index (χ2v) is 7.77. The summed E-state index contributed by atoms with van der Waals surface area (Å²) in [6, 6.07) is 12.7. The van der Waals surface area contributed by atoms with Gasteiger partial charge in [-0.1, -0.05) is 21.1 Å². The number of carbonyl (C=O) groups excluding carboxylic acids is 1. The largest absolute Gasteiger partial charge is 0.497 e. The van der Waals surface area contributed by atoms with Crippen LogP contribution in [0, 0.1) is 0 Å². The molecule has 3 rings (SSSR count). The third-order valence-electron chi connectivity index (χ3n) is 4.24. The van der Waals surface area contributed by atoms with E-state index >= 15 is 0 Å². The van der Waals surface area contributed by atoms with Gasteiger partial charge in [0, 0.05) is 9.86 Å². The van der Waals surface area contributed by atoms with E-state index in [4.69, 9.17) is 9.57 Å². The van der Waals surface area contributed by atoms with Gasteiger partial charge in [0.1, 0.15) is 5.75 Å². The highest BCUT2D eigenvalue weighted by atomic mass is 79.9. The third kappa shape index (κ3) is 5.68. The van der Waals surface area contributed by atoms with Crippen LogP contribution in [0.1, 0.15) is 5.56 Å². The molecule has 162 valence electrons. The van der Waals surface area contributed by atoms with Crippen LogP contribution in [-0.2, 0) is 16.3 Å². The van der Waals surface area contributed by atoms with E-state index < -0.39 is 5.91 Å². The van der Waals surface area contributed by atoms with Crippen molar-refractivity contribution in [3.63, 3.8) is 0 Å². The number of oxime groups is 1. The van der Waals surface area contributed by atoms with Crippen LogP contribution in [-0.4, -0.2) is 54.5 Å². The summed E-state index contributed by atoms with van der Waals surface area (Å²) >= 11 is 3.42. The van der Waals surface area contributed by atoms with Gasteiger partial charge in [0.2, 0.25) is 5.88 Å².